The van der Waals surface area contributed by atoms with Gasteiger partial charge in [0.2, 0.25) is 0 Å². The van der Waals surface area contributed by atoms with Gasteiger partial charge in [0.05, 0.1) is 0 Å². The van der Waals surface area contributed by atoms with Crippen LogP contribution in [0.1, 0.15) is 26.5 Å². The fourth-order valence-corrected chi connectivity index (χ4v) is 0.935. The number of nitrogens with zero attached hydrogens (tertiary/aromatic N) is 1. The molecule has 62 valence electrons. The molecular formula is C8H14N2O. The minimum Gasteiger partial charge on any atom is -0.381 e. The standard InChI is InChI=1S/C8H14N2O/c1-8(2,3)5-6-4-7(9)10-11-6/h4H,5H2,1-3H3,(H2,9,10). The first kappa shape index (κ1) is 8.11. The molecule has 2 N–H and O–H groups in total. The molecule has 0 aliphatic carbocycles. The number of hydrogen-bond donors (Lipinski definition) is 1. The van der Waals surface area contributed by atoms with Crippen molar-refractivity contribution in [3.05, 3.63) is 11.8 Å². The summed E-state index contributed by atoms with van der Waals surface area (Å²) in [5, 5.41) is 3.60. The van der Waals surface area contributed by atoms with E-state index in [2.05, 4.69) is 25.9 Å². The van der Waals surface area contributed by atoms with Gasteiger partial charge in [-0.15, -0.1) is 0 Å². The molecule has 0 aromatic carbocycles. The molecule has 0 saturated heterocycles. The number of anilines is 1. The third kappa shape index (κ3) is 2.62. The van der Waals surface area contributed by atoms with Crippen LogP contribution in [0.3, 0.4) is 0 Å². The summed E-state index contributed by atoms with van der Waals surface area (Å²) in [6.45, 7) is 6.43. The van der Waals surface area contributed by atoms with Crippen molar-refractivity contribution in [1.82, 2.24) is 5.16 Å². The van der Waals surface area contributed by atoms with Crippen molar-refractivity contribution < 1.29 is 4.52 Å². The highest BCUT2D eigenvalue weighted by molar-refractivity contribution is 5.26. The van der Waals surface area contributed by atoms with E-state index in [1.165, 1.54) is 0 Å². The number of nitrogen functional groups attached to an aromatic ring is 1. The highest BCUT2D eigenvalue weighted by Crippen LogP contribution is 2.21. The molecule has 0 atom stereocenters. The van der Waals surface area contributed by atoms with Gasteiger partial charge in [-0.2, -0.15) is 0 Å². The first-order valence-corrected chi connectivity index (χ1v) is 3.68. The van der Waals surface area contributed by atoms with Crippen LogP contribution >= 0.6 is 0 Å². The van der Waals surface area contributed by atoms with E-state index < -0.39 is 0 Å². The van der Waals surface area contributed by atoms with E-state index in [9.17, 15) is 0 Å². The number of rotatable bonds is 1. The normalized spacial score (nSPS) is 11.9. The van der Waals surface area contributed by atoms with E-state index in [0.29, 0.717) is 5.82 Å². The lowest BCUT2D eigenvalue weighted by atomic mass is 9.91. The largest absolute Gasteiger partial charge is 0.381 e. The molecule has 1 heterocycles. The summed E-state index contributed by atoms with van der Waals surface area (Å²) in [5.41, 5.74) is 5.62. The van der Waals surface area contributed by atoms with Gasteiger partial charge in [0, 0.05) is 12.5 Å². The Labute approximate surface area is 66.6 Å². The predicted molar refractivity (Wildman–Crippen MR) is 44.1 cm³/mol. The van der Waals surface area contributed by atoms with Gasteiger partial charge >= 0.3 is 0 Å². The fraction of sp³-hybridized carbons (Fsp3) is 0.625. The van der Waals surface area contributed by atoms with Crippen LogP contribution in [-0.2, 0) is 6.42 Å². The van der Waals surface area contributed by atoms with E-state index >= 15 is 0 Å². The van der Waals surface area contributed by atoms with E-state index in [-0.39, 0.29) is 5.41 Å². The van der Waals surface area contributed by atoms with Crippen LogP contribution in [0.25, 0.3) is 0 Å². The van der Waals surface area contributed by atoms with Gasteiger partial charge in [-0.1, -0.05) is 25.9 Å². The Balaban J connectivity index is 2.65. The zero-order valence-corrected chi connectivity index (χ0v) is 7.22. The molecule has 0 saturated carbocycles. The van der Waals surface area contributed by atoms with Crippen LogP contribution in [0, 0.1) is 5.41 Å². The second kappa shape index (κ2) is 2.57. The molecule has 3 nitrogen and oxygen atoms in total. The molecule has 1 aromatic heterocycles. The fourth-order valence-electron chi connectivity index (χ4n) is 0.935. The Morgan fingerprint density at radius 2 is 2.18 bits per heavy atom. The maximum absolute atomic E-state index is 5.39. The van der Waals surface area contributed by atoms with Crippen LogP contribution < -0.4 is 5.73 Å². The van der Waals surface area contributed by atoms with Crippen molar-refractivity contribution in [3.8, 4) is 0 Å². The molecule has 1 rings (SSSR count). The highest BCUT2D eigenvalue weighted by Gasteiger charge is 2.14. The van der Waals surface area contributed by atoms with Crippen molar-refractivity contribution in [2.45, 2.75) is 27.2 Å². The molecule has 0 aliphatic rings. The van der Waals surface area contributed by atoms with Crippen molar-refractivity contribution in [1.29, 1.82) is 0 Å². The van der Waals surface area contributed by atoms with Gasteiger partial charge < -0.3 is 10.3 Å². The summed E-state index contributed by atoms with van der Waals surface area (Å²) in [5.74, 6) is 1.32. The first-order valence-electron chi connectivity index (χ1n) is 3.68. The van der Waals surface area contributed by atoms with Gasteiger partial charge in [-0.3, -0.25) is 0 Å². The molecule has 0 spiro atoms. The van der Waals surface area contributed by atoms with Gasteiger partial charge in [0.15, 0.2) is 5.82 Å². The average molecular weight is 154 g/mol. The van der Waals surface area contributed by atoms with Crippen LogP contribution in [-0.4, -0.2) is 5.16 Å². The summed E-state index contributed by atoms with van der Waals surface area (Å²) in [7, 11) is 0. The van der Waals surface area contributed by atoms with Crippen LogP contribution in [0.5, 0.6) is 0 Å². The van der Waals surface area contributed by atoms with Crippen molar-refractivity contribution in [2.75, 3.05) is 5.73 Å². The topological polar surface area (TPSA) is 52.0 Å². The molecule has 1 aromatic rings. The van der Waals surface area contributed by atoms with Gasteiger partial charge in [-0.25, -0.2) is 0 Å². The van der Waals surface area contributed by atoms with E-state index in [4.69, 9.17) is 10.3 Å². The SMILES string of the molecule is CC(C)(C)Cc1cc(N)no1. The summed E-state index contributed by atoms with van der Waals surface area (Å²) in [4.78, 5) is 0. The Kier molecular flexibility index (Phi) is 1.89. The van der Waals surface area contributed by atoms with Crippen molar-refractivity contribution in [2.24, 2.45) is 5.41 Å². The quantitative estimate of drug-likeness (QED) is 0.671. The van der Waals surface area contributed by atoms with E-state index in [1.807, 2.05) is 0 Å². The summed E-state index contributed by atoms with van der Waals surface area (Å²) in [6.07, 6.45) is 0.872. The molecule has 0 bridgehead atoms. The first-order chi connectivity index (χ1) is 4.97. The second-order valence-corrected chi connectivity index (χ2v) is 3.96. The number of nitrogens with two attached hydrogens (primary N) is 1. The van der Waals surface area contributed by atoms with Gasteiger partial charge in [0.25, 0.3) is 0 Å². The molecule has 11 heavy (non-hydrogen) atoms. The Bertz CT molecular complexity index is 234. The van der Waals surface area contributed by atoms with Crippen LogP contribution in [0.2, 0.25) is 0 Å². The zero-order valence-electron chi connectivity index (χ0n) is 7.22. The molecule has 0 amide bonds. The van der Waals surface area contributed by atoms with Gasteiger partial charge in [0.1, 0.15) is 5.76 Å². The molecule has 0 radical (unpaired) electrons. The molecule has 3 heteroatoms. The number of aromatic nitrogens is 1. The summed E-state index contributed by atoms with van der Waals surface area (Å²) in [6, 6.07) is 1.77. The smallest absolute Gasteiger partial charge is 0.167 e. The summed E-state index contributed by atoms with van der Waals surface area (Å²) < 4.78 is 4.97. The highest BCUT2D eigenvalue weighted by atomic mass is 16.5. The third-order valence-corrected chi connectivity index (χ3v) is 1.28. The van der Waals surface area contributed by atoms with Crippen molar-refractivity contribution >= 4 is 5.82 Å². The maximum Gasteiger partial charge on any atom is 0.167 e. The Hall–Kier alpha value is -0.990. The third-order valence-electron chi connectivity index (χ3n) is 1.28. The Morgan fingerprint density at radius 3 is 2.55 bits per heavy atom. The second-order valence-electron chi connectivity index (χ2n) is 3.96. The molecule has 0 unspecified atom stereocenters. The molecular weight excluding hydrogens is 140 g/mol. The van der Waals surface area contributed by atoms with Gasteiger partial charge in [-0.05, 0) is 5.41 Å². The lowest BCUT2D eigenvalue weighted by molar-refractivity contribution is 0.321. The van der Waals surface area contributed by atoms with E-state index in [0.717, 1.165) is 12.2 Å². The minimum absolute atomic E-state index is 0.228. The van der Waals surface area contributed by atoms with Crippen molar-refractivity contribution in [3.63, 3.8) is 0 Å². The number of hydrogen-bond acceptors (Lipinski definition) is 3. The summed E-state index contributed by atoms with van der Waals surface area (Å²) >= 11 is 0. The van der Waals surface area contributed by atoms with Crippen LogP contribution in [0.15, 0.2) is 10.6 Å². The molecule has 0 aliphatic heterocycles. The van der Waals surface area contributed by atoms with E-state index in [1.54, 1.807) is 6.07 Å². The monoisotopic (exact) mass is 154 g/mol. The van der Waals surface area contributed by atoms with Crippen LogP contribution in [0.4, 0.5) is 5.82 Å². The zero-order chi connectivity index (χ0) is 8.48. The predicted octanol–water partition coefficient (Wildman–Crippen LogP) is 1.85. The lowest BCUT2D eigenvalue weighted by Crippen LogP contribution is -2.08. The lowest BCUT2D eigenvalue weighted by Gasteiger charge is -2.14. The minimum atomic E-state index is 0.228. The molecule has 0 fully saturated rings. The maximum atomic E-state index is 5.39. The average Bonchev–Trinajstić information content (AvgIpc) is 2.10. The Morgan fingerprint density at radius 1 is 1.55 bits per heavy atom.